The molecule has 20 heavy (non-hydrogen) atoms. The van der Waals surface area contributed by atoms with Gasteiger partial charge in [0.2, 0.25) is 0 Å². The Morgan fingerprint density at radius 2 is 1.90 bits per heavy atom. The van der Waals surface area contributed by atoms with E-state index in [4.69, 9.17) is 0 Å². The first-order valence-electron chi connectivity index (χ1n) is 5.84. The molecule has 1 aromatic carbocycles. The van der Waals surface area contributed by atoms with Gasteiger partial charge in [-0.05, 0) is 19.1 Å². The number of nitrogens with zero attached hydrogens (tertiary/aromatic N) is 1. The summed E-state index contributed by atoms with van der Waals surface area (Å²) in [5.74, 6) is 0.174. The molecule has 0 atom stereocenters. The molecule has 106 valence electrons. The summed E-state index contributed by atoms with van der Waals surface area (Å²) < 4.78 is 40.5. The molecule has 1 aromatic heterocycles. The highest BCUT2D eigenvalue weighted by atomic mass is 32.1. The predicted molar refractivity (Wildman–Crippen MR) is 74.5 cm³/mol. The van der Waals surface area contributed by atoms with Crippen LogP contribution in [0.5, 0.6) is 0 Å². The molecule has 0 unspecified atom stereocenters. The van der Waals surface area contributed by atoms with Gasteiger partial charge in [-0.2, -0.15) is 25.8 Å². The van der Waals surface area contributed by atoms with Crippen molar-refractivity contribution in [1.82, 2.24) is 4.57 Å². The number of aromatic nitrogens is 1. The largest absolute Gasteiger partial charge is 0.418 e. The maximum absolute atomic E-state index is 13.0. The Balaban J connectivity index is 2.72. The number of halogens is 3. The smallest absolute Gasteiger partial charge is 0.320 e. The van der Waals surface area contributed by atoms with Gasteiger partial charge in [-0.25, -0.2) is 0 Å². The van der Waals surface area contributed by atoms with Crippen molar-refractivity contribution in [2.24, 2.45) is 0 Å². The minimum Gasteiger partial charge on any atom is -0.320 e. The molecular weight excluding hydrogens is 287 g/mol. The predicted octanol–water partition coefficient (Wildman–Crippen LogP) is 3.59. The minimum absolute atomic E-state index is 0.000494. The van der Waals surface area contributed by atoms with Gasteiger partial charge < -0.3 is 4.57 Å². The first kappa shape index (κ1) is 14.7. The number of hydrogen-bond acceptors (Lipinski definition) is 2. The van der Waals surface area contributed by atoms with E-state index in [1.165, 1.54) is 35.0 Å². The highest BCUT2D eigenvalue weighted by Gasteiger charge is 2.33. The summed E-state index contributed by atoms with van der Waals surface area (Å²) in [6.07, 6.45) is -3.04. The quantitative estimate of drug-likeness (QED) is 0.841. The lowest BCUT2D eigenvalue weighted by atomic mass is 10.1. The van der Waals surface area contributed by atoms with Crippen molar-refractivity contribution >= 4 is 12.6 Å². The van der Waals surface area contributed by atoms with Crippen LogP contribution < -0.4 is 5.43 Å². The van der Waals surface area contributed by atoms with Gasteiger partial charge in [0.05, 0.1) is 11.3 Å². The molecule has 0 N–H and O–H groups in total. The molecule has 2 nitrogen and oxygen atoms in total. The van der Waals surface area contributed by atoms with Crippen LogP contribution in [-0.4, -0.2) is 4.57 Å². The van der Waals surface area contributed by atoms with Crippen molar-refractivity contribution in [3.05, 3.63) is 63.6 Å². The van der Waals surface area contributed by atoms with Crippen molar-refractivity contribution in [1.29, 1.82) is 0 Å². The number of benzene rings is 1. The summed E-state index contributed by atoms with van der Waals surface area (Å²) in [7, 11) is 0. The fourth-order valence-corrected chi connectivity index (χ4v) is 2.21. The van der Waals surface area contributed by atoms with Gasteiger partial charge in [0.15, 0.2) is 5.43 Å². The maximum atomic E-state index is 13.0. The SMILES string of the molecule is Cc1cc(=O)c(CS)cn1-c1ccccc1C(F)(F)F. The van der Waals surface area contributed by atoms with E-state index >= 15 is 0 Å². The molecule has 2 rings (SSSR count). The number of para-hydroxylation sites is 1. The summed E-state index contributed by atoms with van der Waals surface area (Å²) in [6, 6.07) is 6.58. The average Bonchev–Trinajstić information content (AvgIpc) is 2.38. The van der Waals surface area contributed by atoms with Gasteiger partial charge in [0.25, 0.3) is 0 Å². The fraction of sp³-hybridized carbons (Fsp3) is 0.214. The van der Waals surface area contributed by atoms with Gasteiger partial charge in [-0.3, -0.25) is 4.79 Å². The van der Waals surface area contributed by atoms with Crippen molar-refractivity contribution in [2.45, 2.75) is 18.9 Å². The molecule has 0 aliphatic rings. The van der Waals surface area contributed by atoms with Crippen LogP contribution in [0, 0.1) is 6.92 Å². The Morgan fingerprint density at radius 1 is 1.25 bits per heavy atom. The number of hydrogen-bond donors (Lipinski definition) is 1. The van der Waals surface area contributed by atoms with Crippen molar-refractivity contribution in [2.75, 3.05) is 0 Å². The molecule has 0 aliphatic heterocycles. The lowest BCUT2D eigenvalue weighted by Crippen LogP contribution is -2.16. The Labute approximate surface area is 119 Å². The summed E-state index contributed by atoms with van der Waals surface area (Å²) >= 11 is 4.02. The molecule has 6 heteroatoms. The van der Waals surface area contributed by atoms with E-state index < -0.39 is 11.7 Å². The van der Waals surface area contributed by atoms with Crippen LogP contribution in [0.4, 0.5) is 13.2 Å². The highest BCUT2D eigenvalue weighted by molar-refractivity contribution is 7.79. The zero-order valence-electron chi connectivity index (χ0n) is 10.6. The van der Waals surface area contributed by atoms with E-state index in [1.807, 2.05) is 0 Å². The van der Waals surface area contributed by atoms with E-state index in [9.17, 15) is 18.0 Å². The Kier molecular flexibility index (Phi) is 3.94. The van der Waals surface area contributed by atoms with Gasteiger partial charge in [-0.1, -0.05) is 12.1 Å². The van der Waals surface area contributed by atoms with E-state index in [-0.39, 0.29) is 16.9 Å². The topological polar surface area (TPSA) is 22.0 Å². The summed E-state index contributed by atoms with van der Waals surface area (Å²) in [4.78, 5) is 11.7. The molecule has 0 saturated heterocycles. The van der Waals surface area contributed by atoms with Gasteiger partial charge in [-0.15, -0.1) is 0 Å². The lowest BCUT2D eigenvalue weighted by molar-refractivity contribution is -0.137. The van der Waals surface area contributed by atoms with Crippen LogP contribution in [-0.2, 0) is 11.9 Å². The third-order valence-electron chi connectivity index (χ3n) is 2.96. The lowest BCUT2D eigenvalue weighted by Gasteiger charge is -2.17. The second kappa shape index (κ2) is 5.36. The second-order valence-electron chi connectivity index (χ2n) is 4.35. The third kappa shape index (κ3) is 2.75. The Bertz CT molecular complexity index is 692. The zero-order chi connectivity index (χ0) is 14.9. The summed E-state index contributed by atoms with van der Waals surface area (Å²) in [5.41, 5.74) is -0.163. The summed E-state index contributed by atoms with van der Waals surface area (Å²) in [5, 5.41) is 0. The Morgan fingerprint density at radius 3 is 2.50 bits per heavy atom. The van der Waals surface area contributed by atoms with Crippen LogP contribution >= 0.6 is 12.6 Å². The third-order valence-corrected chi connectivity index (χ3v) is 3.30. The molecule has 0 fully saturated rings. The number of pyridine rings is 1. The first-order chi connectivity index (χ1) is 9.34. The number of alkyl halides is 3. The number of thiol groups is 1. The van der Waals surface area contributed by atoms with Crippen LogP contribution in [0.2, 0.25) is 0 Å². The molecule has 0 spiro atoms. The fourth-order valence-electron chi connectivity index (χ4n) is 1.97. The van der Waals surface area contributed by atoms with Crippen molar-refractivity contribution in [3.63, 3.8) is 0 Å². The van der Waals surface area contributed by atoms with Crippen LogP contribution in [0.25, 0.3) is 5.69 Å². The molecule has 0 amide bonds. The summed E-state index contributed by atoms with van der Waals surface area (Å²) in [6.45, 7) is 1.59. The van der Waals surface area contributed by atoms with Crippen molar-refractivity contribution < 1.29 is 13.2 Å². The van der Waals surface area contributed by atoms with E-state index in [1.54, 1.807) is 6.92 Å². The Hall–Kier alpha value is -1.69. The molecule has 0 saturated carbocycles. The first-order valence-corrected chi connectivity index (χ1v) is 6.47. The molecule has 2 aromatic rings. The molecule has 1 heterocycles. The van der Waals surface area contributed by atoms with Crippen molar-refractivity contribution in [3.8, 4) is 5.69 Å². The van der Waals surface area contributed by atoms with E-state index in [2.05, 4.69) is 12.6 Å². The zero-order valence-corrected chi connectivity index (χ0v) is 11.5. The molecule has 0 bridgehead atoms. The van der Waals surface area contributed by atoms with Gasteiger partial charge >= 0.3 is 6.18 Å². The minimum atomic E-state index is -4.45. The monoisotopic (exact) mass is 299 g/mol. The normalized spacial score (nSPS) is 11.7. The highest BCUT2D eigenvalue weighted by Crippen LogP contribution is 2.33. The van der Waals surface area contributed by atoms with Crippen LogP contribution in [0.15, 0.2) is 41.3 Å². The number of rotatable bonds is 2. The maximum Gasteiger partial charge on any atom is 0.418 e. The molecule has 0 radical (unpaired) electrons. The standard InChI is InChI=1S/C14H12F3NOS/c1-9-6-13(19)10(8-20)7-18(9)12-5-3-2-4-11(12)14(15,16)17/h2-7,20H,8H2,1H3. The van der Waals surface area contributed by atoms with E-state index in [0.717, 1.165) is 6.07 Å². The van der Waals surface area contributed by atoms with Crippen LogP contribution in [0.1, 0.15) is 16.8 Å². The molecular formula is C14H12F3NOS. The average molecular weight is 299 g/mol. The molecule has 0 aliphatic carbocycles. The van der Waals surface area contributed by atoms with Gasteiger partial charge in [0.1, 0.15) is 0 Å². The van der Waals surface area contributed by atoms with E-state index in [0.29, 0.717) is 11.3 Å². The number of aryl methyl sites for hydroxylation is 1. The second-order valence-corrected chi connectivity index (χ2v) is 4.66. The van der Waals surface area contributed by atoms with Gasteiger partial charge in [0, 0.05) is 29.3 Å². The van der Waals surface area contributed by atoms with Crippen LogP contribution in [0.3, 0.4) is 0 Å².